The van der Waals surface area contributed by atoms with E-state index >= 15 is 0 Å². The Hall–Kier alpha value is -2.98. The number of aromatic nitrogens is 2. The molecule has 2 atom stereocenters. The number of hydrogen-bond acceptors (Lipinski definition) is 7. The summed E-state index contributed by atoms with van der Waals surface area (Å²) >= 11 is 0. The standard InChI is InChI=1S/C29H35N5O2/c1-33-14-5-9-23(33)19-36-28-31-25-24(27(32-28)34-15-4-6-20(18-34)11-13-30)10-12-29(26(25)35)16-21-7-2-3-8-22(21)17-29/h2-3,7-8,20,23H,4-6,9-12,14-19H2,1H3/t20-,23-/m0/s1. The van der Waals surface area contributed by atoms with E-state index in [9.17, 15) is 10.1 Å². The second-order valence-electron chi connectivity index (χ2n) is 11.3. The van der Waals surface area contributed by atoms with Crippen LogP contribution in [0.1, 0.15) is 65.7 Å². The fourth-order valence-electron chi connectivity index (χ4n) is 6.87. The molecule has 0 unspecified atom stereocenters. The van der Waals surface area contributed by atoms with Crippen molar-refractivity contribution in [1.82, 2.24) is 14.9 Å². The number of carbonyl (C=O) groups excluding carboxylic acids is 1. The van der Waals surface area contributed by atoms with Crippen molar-refractivity contribution in [2.45, 2.75) is 63.8 Å². The first-order valence-electron chi connectivity index (χ1n) is 13.5. The van der Waals surface area contributed by atoms with Gasteiger partial charge < -0.3 is 14.5 Å². The number of nitrogens with zero attached hydrogens (tertiary/aromatic N) is 5. The number of likely N-dealkylation sites (tertiary alicyclic amines) is 1. The summed E-state index contributed by atoms with van der Waals surface area (Å²) in [5.74, 6) is 1.34. The largest absolute Gasteiger partial charge is 0.462 e. The van der Waals surface area contributed by atoms with Crippen LogP contribution in [0.15, 0.2) is 24.3 Å². The van der Waals surface area contributed by atoms with Crippen LogP contribution in [0, 0.1) is 22.7 Å². The number of rotatable bonds is 5. The van der Waals surface area contributed by atoms with E-state index in [1.165, 1.54) is 17.5 Å². The van der Waals surface area contributed by atoms with E-state index in [1.807, 2.05) is 0 Å². The second kappa shape index (κ2) is 9.48. The van der Waals surface area contributed by atoms with E-state index in [4.69, 9.17) is 14.7 Å². The average molecular weight is 486 g/mol. The van der Waals surface area contributed by atoms with E-state index in [0.717, 1.165) is 76.0 Å². The maximum absolute atomic E-state index is 14.2. The van der Waals surface area contributed by atoms with Crippen LogP contribution >= 0.6 is 0 Å². The highest BCUT2D eigenvalue weighted by molar-refractivity contribution is 6.03. The van der Waals surface area contributed by atoms with Crippen molar-refractivity contribution in [2.75, 3.05) is 38.2 Å². The normalized spacial score (nSPS) is 25.0. The molecule has 2 aromatic rings. The van der Waals surface area contributed by atoms with Gasteiger partial charge in [0.15, 0.2) is 5.78 Å². The van der Waals surface area contributed by atoms with Crippen LogP contribution in [0.25, 0.3) is 0 Å². The van der Waals surface area contributed by atoms with Crippen LogP contribution in [0.4, 0.5) is 5.82 Å². The zero-order valence-corrected chi connectivity index (χ0v) is 21.2. The molecule has 0 N–H and O–H groups in total. The van der Waals surface area contributed by atoms with Crippen molar-refractivity contribution in [1.29, 1.82) is 5.26 Å². The predicted molar refractivity (Wildman–Crippen MR) is 137 cm³/mol. The number of ketones is 1. The molecular weight excluding hydrogens is 450 g/mol. The van der Waals surface area contributed by atoms with Crippen molar-refractivity contribution in [3.63, 3.8) is 0 Å². The topological polar surface area (TPSA) is 82.3 Å². The molecule has 3 heterocycles. The summed E-state index contributed by atoms with van der Waals surface area (Å²) in [5, 5.41) is 9.27. The molecule has 36 heavy (non-hydrogen) atoms. The van der Waals surface area contributed by atoms with E-state index < -0.39 is 5.41 Å². The number of carbonyl (C=O) groups is 1. The Labute approximate surface area is 213 Å². The summed E-state index contributed by atoms with van der Waals surface area (Å²) < 4.78 is 6.20. The third kappa shape index (κ3) is 4.16. The Morgan fingerprint density at radius 1 is 1.14 bits per heavy atom. The molecule has 1 aromatic heterocycles. The molecule has 0 amide bonds. The van der Waals surface area contributed by atoms with Crippen molar-refractivity contribution in [3.8, 4) is 12.1 Å². The molecule has 2 saturated heterocycles. The van der Waals surface area contributed by atoms with E-state index in [-0.39, 0.29) is 5.78 Å². The van der Waals surface area contributed by atoms with Gasteiger partial charge in [-0.25, -0.2) is 0 Å². The number of likely N-dealkylation sites (N-methyl/N-ethyl adjacent to an activating group) is 1. The number of hydrogen-bond donors (Lipinski definition) is 0. The van der Waals surface area contributed by atoms with Gasteiger partial charge in [0.25, 0.3) is 0 Å². The van der Waals surface area contributed by atoms with E-state index in [0.29, 0.717) is 36.7 Å². The van der Waals surface area contributed by atoms with Crippen molar-refractivity contribution >= 4 is 11.6 Å². The molecule has 0 bridgehead atoms. The van der Waals surface area contributed by atoms with Crippen LogP contribution in [0.5, 0.6) is 6.01 Å². The zero-order valence-electron chi connectivity index (χ0n) is 21.2. The number of Topliss-reactive ketones (excluding diaryl/α,β-unsaturated/α-hetero) is 1. The van der Waals surface area contributed by atoms with Gasteiger partial charge in [-0.05, 0) is 82.0 Å². The first-order valence-corrected chi connectivity index (χ1v) is 13.5. The Morgan fingerprint density at radius 3 is 2.64 bits per heavy atom. The summed E-state index contributed by atoms with van der Waals surface area (Å²) in [6, 6.07) is 11.5. The Balaban J connectivity index is 1.34. The third-order valence-electron chi connectivity index (χ3n) is 8.97. The fraction of sp³-hybridized carbons (Fsp3) is 0.586. The zero-order chi connectivity index (χ0) is 24.7. The minimum Gasteiger partial charge on any atom is -0.462 e. The van der Waals surface area contributed by atoms with Gasteiger partial charge in [0, 0.05) is 36.5 Å². The predicted octanol–water partition coefficient (Wildman–Crippen LogP) is 3.99. The number of fused-ring (bicyclic) bond motifs is 2. The van der Waals surface area contributed by atoms with Gasteiger partial charge in [0.2, 0.25) is 0 Å². The van der Waals surface area contributed by atoms with Gasteiger partial charge in [0.05, 0.1) is 6.07 Å². The molecule has 2 aliphatic heterocycles. The lowest BCUT2D eigenvalue weighted by Crippen LogP contribution is -2.41. The van der Waals surface area contributed by atoms with Crippen molar-refractivity contribution in [3.05, 3.63) is 46.6 Å². The molecular formula is C29H35N5O2. The highest BCUT2D eigenvalue weighted by atomic mass is 16.5. The van der Waals surface area contributed by atoms with Crippen molar-refractivity contribution < 1.29 is 9.53 Å². The summed E-state index contributed by atoms with van der Waals surface area (Å²) in [6.07, 6.45) is 8.14. The van der Waals surface area contributed by atoms with Crippen LogP contribution in [0.3, 0.4) is 0 Å². The van der Waals surface area contributed by atoms with Crippen LogP contribution in [-0.4, -0.2) is 60.0 Å². The first-order chi connectivity index (χ1) is 17.6. The summed E-state index contributed by atoms with van der Waals surface area (Å²) in [6.45, 7) is 3.31. The van der Waals surface area contributed by atoms with Gasteiger partial charge in [-0.1, -0.05) is 24.3 Å². The fourth-order valence-corrected chi connectivity index (χ4v) is 6.87. The van der Waals surface area contributed by atoms with Gasteiger partial charge in [0.1, 0.15) is 18.1 Å². The Bertz CT molecular complexity index is 1180. The number of piperidine rings is 1. The number of ether oxygens (including phenoxy) is 1. The molecule has 188 valence electrons. The Morgan fingerprint density at radius 2 is 1.92 bits per heavy atom. The molecule has 2 fully saturated rings. The third-order valence-corrected chi connectivity index (χ3v) is 8.97. The second-order valence-corrected chi connectivity index (χ2v) is 11.3. The van der Waals surface area contributed by atoms with Crippen molar-refractivity contribution in [2.24, 2.45) is 11.3 Å². The van der Waals surface area contributed by atoms with Gasteiger partial charge in [-0.15, -0.1) is 0 Å². The maximum Gasteiger partial charge on any atom is 0.319 e. The minimum atomic E-state index is -0.406. The maximum atomic E-state index is 14.2. The molecule has 7 nitrogen and oxygen atoms in total. The lowest BCUT2D eigenvalue weighted by Gasteiger charge is -2.37. The van der Waals surface area contributed by atoms with Crippen LogP contribution < -0.4 is 9.64 Å². The molecule has 0 saturated carbocycles. The monoisotopic (exact) mass is 485 g/mol. The van der Waals surface area contributed by atoms with Gasteiger partial charge in [-0.3, -0.25) is 4.79 Å². The number of anilines is 1. The Kier molecular flexibility index (Phi) is 6.17. The smallest absolute Gasteiger partial charge is 0.319 e. The number of benzene rings is 1. The lowest BCUT2D eigenvalue weighted by molar-refractivity contribution is 0.0761. The highest BCUT2D eigenvalue weighted by Gasteiger charge is 2.48. The molecule has 4 aliphatic rings. The lowest BCUT2D eigenvalue weighted by atomic mass is 9.70. The van der Waals surface area contributed by atoms with Gasteiger partial charge in [-0.2, -0.15) is 15.2 Å². The summed E-state index contributed by atoms with van der Waals surface area (Å²) in [4.78, 5) is 28.5. The molecule has 0 radical (unpaired) electrons. The SMILES string of the molecule is CN1CCC[C@H]1COc1nc2c(c(N3CCC[C@@H](CC#N)C3)n1)CCC1(Cc3ccccc3C1)C2=O. The van der Waals surface area contributed by atoms with E-state index in [1.54, 1.807) is 0 Å². The highest BCUT2D eigenvalue weighted by Crippen LogP contribution is 2.47. The molecule has 1 spiro atoms. The van der Waals surface area contributed by atoms with Crippen LogP contribution in [0.2, 0.25) is 0 Å². The van der Waals surface area contributed by atoms with E-state index in [2.05, 4.69) is 47.2 Å². The minimum absolute atomic E-state index is 0.150. The first kappa shape index (κ1) is 23.4. The van der Waals surface area contributed by atoms with Gasteiger partial charge >= 0.3 is 6.01 Å². The molecule has 6 rings (SSSR count). The molecule has 1 aromatic carbocycles. The average Bonchev–Trinajstić information content (AvgIpc) is 3.48. The van der Waals surface area contributed by atoms with Crippen LogP contribution in [-0.2, 0) is 19.3 Å². The quantitative estimate of drug-likeness (QED) is 0.633. The molecule has 2 aliphatic carbocycles. The number of nitriles is 1. The summed E-state index contributed by atoms with van der Waals surface area (Å²) in [5.41, 5.74) is 3.72. The summed E-state index contributed by atoms with van der Waals surface area (Å²) in [7, 11) is 2.13. The molecule has 7 heteroatoms.